The zero-order chi connectivity index (χ0) is 24.8. The maximum Gasteiger partial charge on any atom is 0.311 e. The van der Waals surface area contributed by atoms with Gasteiger partial charge >= 0.3 is 5.97 Å². The lowest BCUT2D eigenvalue weighted by Crippen LogP contribution is -2.15. The third-order valence-corrected chi connectivity index (χ3v) is 6.65. The number of ketones is 1. The first-order chi connectivity index (χ1) is 16.4. The normalized spacial score (nSPS) is 17.2. The second-order valence-corrected chi connectivity index (χ2v) is 9.46. The van der Waals surface area contributed by atoms with Gasteiger partial charge in [0.15, 0.2) is 11.6 Å². The zero-order valence-corrected chi connectivity index (χ0v) is 20.1. The number of rotatable bonds is 8. The fourth-order valence-electron chi connectivity index (χ4n) is 4.59. The Kier molecular flexibility index (Phi) is 13.2. The fourth-order valence-corrected chi connectivity index (χ4v) is 4.59. The highest BCUT2D eigenvalue weighted by atomic mass is 19.2. The van der Waals surface area contributed by atoms with Gasteiger partial charge in [-0.1, -0.05) is 77.0 Å². The summed E-state index contributed by atoms with van der Waals surface area (Å²) >= 11 is 0. The summed E-state index contributed by atoms with van der Waals surface area (Å²) in [5.74, 6) is -8.65. The van der Waals surface area contributed by atoms with Gasteiger partial charge in [-0.3, -0.25) is 9.59 Å². The molecule has 0 atom stereocenters. The van der Waals surface area contributed by atoms with Gasteiger partial charge in [0.1, 0.15) is 5.78 Å². The van der Waals surface area contributed by atoms with Crippen LogP contribution >= 0.6 is 0 Å². The fraction of sp³-hybridized carbons (Fsp3) is 0.704. The summed E-state index contributed by atoms with van der Waals surface area (Å²) in [6.07, 6.45) is 17.4. The molecule has 0 radical (unpaired) electrons. The Hall–Kier alpha value is -1.92. The SMILES string of the molecule is O=C(CCCCCC(=O)C1CCCCCCCCCCCCC1)Oc1c(F)c(F)cc(F)c1F. The van der Waals surface area contributed by atoms with Gasteiger partial charge < -0.3 is 4.74 Å². The van der Waals surface area contributed by atoms with Crippen molar-refractivity contribution in [3.05, 3.63) is 29.3 Å². The third kappa shape index (κ3) is 10.1. The molecule has 0 aliphatic heterocycles. The molecular weight excluding hydrogens is 448 g/mol. The Bertz CT molecular complexity index is 741. The molecule has 0 N–H and O–H groups in total. The van der Waals surface area contributed by atoms with Crippen molar-refractivity contribution in [3.8, 4) is 5.75 Å². The van der Waals surface area contributed by atoms with Crippen molar-refractivity contribution in [2.24, 2.45) is 5.92 Å². The Labute approximate surface area is 200 Å². The summed E-state index contributed by atoms with van der Waals surface area (Å²) in [7, 11) is 0. The molecular formula is C27H38F4O3. The van der Waals surface area contributed by atoms with Crippen molar-refractivity contribution in [1.29, 1.82) is 0 Å². The van der Waals surface area contributed by atoms with Crippen molar-refractivity contribution < 1.29 is 31.9 Å². The smallest absolute Gasteiger partial charge is 0.311 e. The monoisotopic (exact) mass is 486 g/mol. The molecule has 1 aliphatic carbocycles. The molecule has 0 unspecified atom stereocenters. The molecule has 0 spiro atoms. The predicted molar refractivity (Wildman–Crippen MR) is 124 cm³/mol. The van der Waals surface area contributed by atoms with Gasteiger partial charge in [0.2, 0.25) is 17.4 Å². The molecule has 1 fully saturated rings. The van der Waals surface area contributed by atoms with Crippen LogP contribution in [0.3, 0.4) is 0 Å². The van der Waals surface area contributed by atoms with E-state index in [0.29, 0.717) is 25.7 Å². The maximum absolute atomic E-state index is 13.6. The molecule has 0 saturated heterocycles. The lowest BCUT2D eigenvalue weighted by Gasteiger charge is -2.16. The van der Waals surface area contributed by atoms with Crippen LogP contribution in [0.25, 0.3) is 0 Å². The molecule has 0 heterocycles. The number of unbranched alkanes of at least 4 members (excludes halogenated alkanes) is 2. The third-order valence-electron chi connectivity index (χ3n) is 6.65. The number of hydrogen-bond acceptors (Lipinski definition) is 3. The van der Waals surface area contributed by atoms with Crippen molar-refractivity contribution >= 4 is 11.8 Å². The molecule has 1 aliphatic rings. The highest BCUT2D eigenvalue weighted by Crippen LogP contribution is 2.27. The van der Waals surface area contributed by atoms with Gasteiger partial charge in [0.05, 0.1) is 0 Å². The Balaban J connectivity index is 1.70. The maximum atomic E-state index is 13.6. The van der Waals surface area contributed by atoms with Crippen LogP contribution < -0.4 is 4.74 Å². The molecule has 1 aromatic rings. The van der Waals surface area contributed by atoms with Crippen LogP contribution in [-0.2, 0) is 9.59 Å². The van der Waals surface area contributed by atoms with E-state index in [0.717, 1.165) is 25.7 Å². The van der Waals surface area contributed by atoms with Crippen molar-refractivity contribution in [1.82, 2.24) is 0 Å². The quantitative estimate of drug-likeness (QED) is 0.122. The first-order valence-electron chi connectivity index (χ1n) is 13.0. The minimum absolute atomic E-state index is 0.0595. The Morgan fingerprint density at radius 2 is 1.12 bits per heavy atom. The van der Waals surface area contributed by atoms with Gasteiger partial charge in [-0.2, -0.15) is 8.78 Å². The van der Waals surface area contributed by atoms with E-state index in [-0.39, 0.29) is 24.2 Å². The summed E-state index contributed by atoms with van der Waals surface area (Å²) in [6, 6.07) is 0.0595. The lowest BCUT2D eigenvalue weighted by molar-refractivity contribution is -0.135. The highest BCUT2D eigenvalue weighted by molar-refractivity contribution is 5.80. The van der Waals surface area contributed by atoms with Gasteiger partial charge in [-0.05, 0) is 25.7 Å². The largest absolute Gasteiger partial charge is 0.420 e. The van der Waals surface area contributed by atoms with Crippen molar-refractivity contribution in [2.45, 2.75) is 116 Å². The molecule has 1 aromatic carbocycles. The minimum atomic E-state index is -1.74. The molecule has 34 heavy (non-hydrogen) atoms. The van der Waals surface area contributed by atoms with E-state index < -0.39 is 35.0 Å². The number of benzene rings is 1. The number of carbonyl (C=O) groups excluding carboxylic acids is 2. The molecule has 3 nitrogen and oxygen atoms in total. The molecule has 0 aromatic heterocycles. The summed E-state index contributed by atoms with van der Waals surface area (Å²) in [4.78, 5) is 24.6. The molecule has 0 amide bonds. The van der Waals surface area contributed by atoms with E-state index in [9.17, 15) is 27.2 Å². The van der Waals surface area contributed by atoms with Crippen LogP contribution in [-0.4, -0.2) is 11.8 Å². The van der Waals surface area contributed by atoms with Crippen LogP contribution in [0.5, 0.6) is 5.75 Å². The Morgan fingerprint density at radius 3 is 1.62 bits per heavy atom. The molecule has 192 valence electrons. The first-order valence-corrected chi connectivity index (χ1v) is 13.0. The zero-order valence-electron chi connectivity index (χ0n) is 20.1. The molecule has 2 rings (SSSR count). The van der Waals surface area contributed by atoms with Crippen molar-refractivity contribution in [2.75, 3.05) is 0 Å². The van der Waals surface area contributed by atoms with Crippen LogP contribution in [0.15, 0.2) is 6.07 Å². The number of esters is 1. The summed E-state index contributed by atoms with van der Waals surface area (Å²) in [6.45, 7) is 0. The minimum Gasteiger partial charge on any atom is -0.420 e. The Morgan fingerprint density at radius 1 is 0.676 bits per heavy atom. The van der Waals surface area contributed by atoms with E-state index in [2.05, 4.69) is 4.74 Å². The van der Waals surface area contributed by atoms with E-state index in [1.165, 1.54) is 57.8 Å². The van der Waals surface area contributed by atoms with Crippen LogP contribution in [0, 0.1) is 29.2 Å². The second-order valence-electron chi connectivity index (χ2n) is 9.46. The average molecular weight is 487 g/mol. The van der Waals surface area contributed by atoms with Crippen molar-refractivity contribution in [3.63, 3.8) is 0 Å². The van der Waals surface area contributed by atoms with E-state index in [1.54, 1.807) is 0 Å². The van der Waals surface area contributed by atoms with Crippen LogP contribution in [0.4, 0.5) is 17.6 Å². The number of Topliss-reactive ketones (excluding diaryl/α,β-unsaturated/α-hetero) is 1. The van der Waals surface area contributed by atoms with Gasteiger partial charge in [0, 0.05) is 24.8 Å². The predicted octanol–water partition coefficient (Wildman–Crippen LogP) is 8.37. The standard InChI is InChI=1S/C27H38F4O3/c28-21-19-22(29)26(31)27(25(21)30)34-24(33)18-14-10-13-17-23(32)20-15-11-8-6-4-2-1-3-5-7-9-12-16-20/h19-20H,1-18H2. The van der Waals surface area contributed by atoms with E-state index in [1.807, 2.05) is 0 Å². The second kappa shape index (κ2) is 15.9. The number of halogens is 4. The highest BCUT2D eigenvalue weighted by Gasteiger charge is 2.23. The summed E-state index contributed by atoms with van der Waals surface area (Å²) in [5, 5.41) is 0. The number of hydrogen-bond donors (Lipinski definition) is 0. The van der Waals surface area contributed by atoms with E-state index in [4.69, 9.17) is 0 Å². The molecule has 0 bridgehead atoms. The van der Waals surface area contributed by atoms with Gasteiger partial charge in [-0.25, -0.2) is 8.78 Å². The van der Waals surface area contributed by atoms with E-state index >= 15 is 0 Å². The van der Waals surface area contributed by atoms with Gasteiger partial charge in [0.25, 0.3) is 0 Å². The number of carbonyl (C=O) groups is 2. The first kappa shape index (κ1) is 28.3. The molecule has 7 heteroatoms. The van der Waals surface area contributed by atoms with Crippen LogP contribution in [0.1, 0.15) is 116 Å². The lowest BCUT2D eigenvalue weighted by atomic mass is 9.88. The molecule has 1 saturated carbocycles. The topological polar surface area (TPSA) is 43.4 Å². The average Bonchev–Trinajstić information content (AvgIpc) is 2.81. The summed E-state index contributed by atoms with van der Waals surface area (Å²) in [5.41, 5.74) is 0. The van der Waals surface area contributed by atoms with Crippen LogP contribution in [0.2, 0.25) is 0 Å². The number of ether oxygens (including phenoxy) is 1. The summed E-state index contributed by atoms with van der Waals surface area (Å²) < 4.78 is 58.1. The van der Waals surface area contributed by atoms with Gasteiger partial charge in [-0.15, -0.1) is 0 Å².